The maximum Gasteiger partial charge on any atom is 0.351 e. The summed E-state index contributed by atoms with van der Waals surface area (Å²) in [6.45, 7) is -0.421. The maximum atomic E-state index is 13.4. The summed E-state index contributed by atoms with van der Waals surface area (Å²) >= 11 is 3.13. The third kappa shape index (κ3) is 2.33. The molecule has 17 heavy (non-hydrogen) atoms. The van der Waals surface area contributed by atoms with Gasteiger partial charge in [-0.2, -0.15) is 4.98 Å². The van der Waals surface area contributed by atoms with Crippen molar-refractivity contribution in [3.05, 3.63) is 21.2 Å². The van der Waals surface area contributed by atoms with Gasteiger partial charge in [0.05, 0.1) is 11.1 Å². The fraction of sp³-hybridized carbons (Fsp3) is 0.556. The highest BCUT2D eigenvalue weighted by molar-refractivity contribution is 9.10. The Balaban J connectivity index is 2.30. The van der Waals surface area contributed by atoms with Gasteiger partial charge in [-0.25, -0.2) is 9.18 Å². The maximum absolute atomic E-state index is 13.4. The molecule has 0 aromatic carbocycles. The Kier molecular flexibility index (Phi) is 3.45. The number of hydrogen-bond acceptors (Lipinski definition) is 5. The van der Waals surface area contributed by atoms with Crippen molar-refractivity contribution in [2.75, 3.05) is 12.3 Å². The van der Waals surface area contributed by atoms with Crippen LogP contribution in [0.2, 0.25) is 0 Å². The number of anilines is 1. The molecule has 0 saturated carbocycles. The number of ether oxygens (including phenoxy) is 1. The fourth-order valence-corrected chi connectivity index (χ4v) is 2.00. The lowest BCUT2D eigenvalue weighted by atomic mass is 10.2. The third-order valence-corrected chi connectivity index (χ3v) is 3.20. The zero-order valence-electron chi connectivity index (χ0n) is 8.72. The summed E-state index contributed by atoms with van der Waals surface area (Å²) in [5, 5.41) is 8.87. The summed E-state index contributed by atoms with van der Waals surface area (Å²) < 4.78 is 20.2. The Morgan fingerprint density at radius 2 is 2.47 bits per heavy atom. The van der Waals surface area contributed by atoms with Gasteiger partial charge in [0.25, 0.3) is 0 Å². The number of nitrogens with two attached hydrogens (primary N) is 1. The van der Waals surface area contributed by atoms with Crippen LogP contribution in [-0.4, -0.2) is 33.5 Å². The van der Waals surface area contributed by atoms with E-state index in [2.05, 4.69) is 20.9 Å². The molecule has 6 nitrogen and oxygen atoms in total. The molecule has 1 aromatic rings. The number of hydrogen-bond donors (Lipinski definition) is 2. The van der Waals surface area contributed by atoms with E-state index in [9.17, 15) is 9.18 Å². The molecule has 3 atom stereocenters. The van der Waals surface area contributed by atoms with Crippen LogP contribution in [0, 0.1) is 0 Å². The van der Waals surface area contributed by atoms with Gasteiger partial charge < -0.3 is 15.6 Å². The Hall–Kier alpha value is -0.990. The molecule has 0 aliphatic carbocycles. The molecule has 0 spiro atoms. The topological polar surface area (TPSA) is 90.4 Å². The summed E-state index contributed by atoms with van der Waals surface area (Å²) in [6, 6.07) is 0. The number of nitrogen functional groups attached to an aromatic ring is 1. The largest absolute Gasteiger partial charge is 0.394 e. The summed E-state index contributed by atoms with van der Waals surface area (Å²) in [5.74, 6) is 0.0692. The first-order chi connectivity index (χ1) is 8.02. The third-order valence-electron chi connectivity index (χ3n) is 2.59. The van der Waals surface area contributed by atoms with E-state index in [1.807, 2.05) is 0 Å². The van der Waals surface area contributed by atoms with E-state index in [0.29, 0.717) is 4.47 Å². The molecule has 1 saturated heterocycles. The minimum absolute atomic E-state index is 0.00315. The zero-order valence-corrected chi connectivity index (χ0v) is 10.3. The van der Waals surface area contributed by atoms with Gasteiger partial charge in [0.15, 0.2) is 0 Å². The molecule has 8 heteroatoms. The fourth-order valence-electron chi connectivity index (χ4n) is 1.69. The molecule has 2 rings (SSSR count). The average molecular weight is 308 g/mol. The molecule has 0 amide bonds. The second-order valence-electron chi connectivity index (χ2n) is 3.73. The van der Waals surface area contributed by atoms with Crippen LogP contribution in [0.4, 0.5) is 10.2 Å². The monoisotopic (exact) mass is 307 g/mol. The highest BCUT2D eigenvalue weighted by Crippen LogP contribution is 2.30. The second kappa shape index (κ2) is 4.71. The highest BCUT2D eigenvalue weighted by atomic mass is 79.9. The number of aliphatic hydroxyl groups is 1. The van der Waals surface area contributed by atoms with Crippen LogP contribution < -0.4 is 11.4 Å². The van der Waals surface area contributed by atoms with Crippen LogP contribution in [0.5, 0.6) is 0 Å². The first kappa shape index (κ1) is 12.5. The minimum atomic E-state index is -1.30. The van der Waals surface area contributed by atoms with E-state index < -0.39 is 30.8 Å². The summed E-state index contributed by atoms with van der Waals surface area (Å²) in [7, 11) is 0. The van der Waals surface area contributed by atoms with Crippen molar-refractivity contribution in [3.8, 4) is 0 Å². The Morgan fingerprint density at radius 1 is 1.76 bits per heavy atom. The molecule has 2 heterocycles. The Bertz CT molecular complexity index is 481. The average Bonchev–Trinajstić information content (AvgIpc) is 2.65. The smallest absolute Gasteiger partial charge is 0.351 e. The van der Waals surface area contributed by atoms with Gasteiger partial charge in [-0.15, -0.1) is 0 Å². The molecule has 1 aliphatic heterocycles. The van der Waals surface area contributed by atoms with Crippen LogP contribution in [0.1, 0.15) is 12.6 Å². The number of halogens is 2. The van der Waals surface area contributed by atoms with Gasteiger partial charge in [-0.1, -0.05) is 0 Å². The molecule has 1 aliphatic rings. The molecule has 3 N–H and O–H groups in total. The molecular weight excluding hydrogens is 297 g/mol. The van der Waals surface area contributed by atoms with E-state index in [1.165, 1.54) is 6.20 Å². The molecule has 1 fully saturated rings. The van der Waals surface area contributed by atoms with Crippen molar-refractivity contribution in [2.24, 2.45) is 0 Å². The van der Waals surface area contributed by atoms with Crippen molar-refractivity contribution in [1.82, 2.24) is 9.55 Å². The van der Waals surface area contributed by atoms with E-state index in [4.69, 9.17) is 15.6 Å². The predicted molar refractivity (Wildman–Crippen MR) is 61.1 cm³/mol. The summed E-state index contributed by atoms with van der Waals surface area (Å²) in [6.07, 6.45) is -1.55. The molecule has 0 radical (unpaired) electrons. The molecule has 94 valence electrons. The number of nitrogens with zero attached hydrogens (tertiary/aromatic N) is 2. The van der Waals surface area contributed by atoms with Crippen molar-refractivity contribution < 1.29 is 14.2 Å². The van der Waals surface area contributed by atoms with Crippen molar-refractivity contribution >= 4 is 21.7 Å². The SMILES string of the molecule is Nc1nc(=O)n([C@H]2CC(F)[C@@H](CO)O2)cc1Br. The lowest BCUT2D eigenvalue weighted by Crippen LogP contribution is -2.28. The number of aliphatic hydroxyl groups excluding tert-OH is 1. The highest BCUT2D eigenvalue weighted by Gasteiger charge is 2.36. The molecule has 1 aromatic heterocycles. The lowest BCUT2D eigenvalue weighted by molar-refractivity contribution is -0.0356. The van der Waals surface area contributed by atoms with E-state index in [0.717, 1.165) is 4.57 Å². The first-order valence-corrected chi connectivity index (χ1v) is 5.76. The van der Waals surface area contributed by atoms with Gasteiger partial charge in [0, 0.05) is 12.6 Å². The van der Waals surface area contributed by atoms with Crippen molar-refractivity contribution in [3.63, 3.8) is 0 Å². The van der Waals surface area contributed by atoms with Gasteiger partial charge in [-0.3, -0.25) is 4.57 Å². The summed E-state index contributed by atoms with van der Waals surface area (Å²) in [4.78, 5) is 15.1. The zero-order chi connectivity index (χ0) is 12.6. The quantitative estimate of drug-likeness (QED) is 0.815. The van der Waals surface area contributed by atoms with E-state index in [1.54, 1.807) is 0 Å². The van der Waals surface area contributed by atoms with Crippen LogP contribution in [0.3, 0.4) is 0 Å². The number of aromatic nitrogens is 2. The van der Waals surface area contributed by atoms with Crippen LogP contribution >= 0.6 is 15.9 Å². The van der Waals surface area contributed by atoms with E-state index >= 15 is 0 Å². The number of alkyl halides is 1. The lowest BCUT2D eigenvalue weighted by Gasteiger charge is -2.14. The standard InChI is InChI=1S/C9H11BrFN3O3/c10-4-2-14(9(16)13-8(4)12)7-1-5(11)6(3-15)17-7/h2,5-7,15H,1,3H2,(H2,12,13,16)/t5?,6-,7-/m1/s1. The van der Waals surface area contributed by atoms with Gasteiger partial charge in [0.2, 0.25) is 0 Å². The normalized spacial score (nSPS) is 28.5. The van der Waals surface area contributed by atoms with Crippen LogP contribution in [0.25, 0.3) is 0 Å². The van der Waals surface area contributed by atoms with Crippen molar-refractivity contribution in [2.45, 2.75) is 24.9 Å². The van der Waals surface area contributed by atoms with Crippen LogP contribution in [-0.2, 0) is 4.74 Å². The molecule has 1 unspecified atom stereocenters. The van der Waals surface area contributed by atoms with Crippen LogP contribution in [0.15, 0.2) is 15.5 Å². The predicted octanol–water partition coefficient (Wildman–Crippen LogP) is 0.206. The van der Waals surface area contributed by atoms with Gasteiger partial charge in [0.1, 0.15) is 24.3 Å². The Morgan fingerprint density at radius 3 is 3.06 bits per heavy atom. The second-order valence-corrected chi connectivity index (χ2v) is 4.58. The Labute approximate surface area is 104 Å². The minimum Gasteiger partial charge on any atom is -0.394 e. The van der Waals surface area contributed by atoms with Crippen molar-refractivity contribution in [1.29, 1.82) is 0 Å². The summed E-state index contributed by atoms with van der Waals surface area (Å²) in [5.41, 5.74) is 4.83. The molecule has 0 bridgehead atoms. The van der Waals surface area contributed by atoms with Gasteiger partial charge >= 0.3 is 5.69 Å². The van der Waals surface area contributed by atoms with Gasteiger partial charge in [-0.05, 0) is 15.9 Å². The first-order valence-electron chi connectivity index (χ1n) is 4.97. The number of rotatable bonds is 2. The molecular formula is C9H11BrFN3O3. The van der Waals surface area contributed by atoms with E-state index in [-0.39, 0.29) is 12.2 Å².